The first-order chi connectivity index (χ1) is 9.80. The number of urea groups is 1. The van der Waals surface area contributed by atoms with Crippen LogP contribution in [0.1, 0.15) is 23.4 Å². The molecule has 0 atom stereocenters. The van der Waals surface area contributed by atoms with Crippen LogP contribution in [0.25, 0.3) is 0 Å². The van der Waals surface area contributed by atoms with Crippen molar-refractivity contribution in [3.63, 3.8) is 0 Å². The van der Waals surface area contributed by atoms with Gasteiger partial charge < -0.3 is 9.42 Å². The highest BCUT2D eigenvalue weighted by Crippen LogP contribution is 2.19. The molecule has 1 aromatic rings. The highest BCUT2D eigenvalue weighted by molar-refractivity contribution is 5.92. The molecule has 0 spiro atoms. The Balaban J connectivity index is 1.95. The maximum Gasteiger partial charge on any atom is 0.406 e. The third-order valence-electron chi connectivity index (χ3n) is 2.68. The average molecular weight is 307 g/mol. The zero-order chi connectivity index (χ0) is 15.6. The average Bonchev–Trinajstić information content (AvgIpc) is 2.99. The normalized spacial score (nSPS) is 15.7. The van der Waals surface area contributed by atoms with Crippen LogP contribution in [0.15, 0.2) is 4.52 Å². The molecule has 0 aliphatic carbocycles. The maximum atomic E-state index is 12.2. The van der Waals surface area contributed by atoms with Gasteiger partial charge in [-0.2, -0.15) is 18.2 Å². The molecule has 1 saturated heterocycles. The minimum absolute atomic E-state index is 0.0564. The fourth-order valence-corrected chi connectivity index (χ4v) is 1.71. The number of hydrogen-bond acceptors (Lipinski definition) is 5. The van der Waals surface area contributed by atoms with Crippen LogP contribution >= 0.6 is 0 Å². The Kier molecular flexibility index (Phi) is 4.00. The van der Waals surface area contributed by atoms with Crippen molar-refractivity contribution in [1.82, 2.24) is 25.5 Å². The van der Waals surface area contributed by atoms with Crippen molar-refractivity contribution in [1.29, 1.82) is 0 Å². The Morgan fingerprint density at radius 3 is 2.71 bits per heavy atom. The molecule has 0 radical (unpaired) electrons. The first-order valence-corrected chi connectivity index (χ1v) is 6.07. The number of rotatable bonds is 4. The molecule has 1 N–H and O–H groups in total. The van der Waals surface area contributed by atoms with Gasteiger partial charge in [0, 0.05) is 13.0 Å². The van der Waals surface area contributed by atoms with E-state index in [1.807, 2.05) is 0 Å². The molecule has 2 rings (SSSR count). The van der Waals surface area contributed by atoms with Crippen LogP contribution in [0.3, 0.4) is 0 Å². The van der Waals surface area contributed by atoms with Crippen molar-refractivity contribution in [2.24, 2.45) is 0 Å². The van der Waals surface area contributed by atoms with Crippen LogP contribution in [-0.2, 0) is 6.42 Å². The smallest absolute Gasteiger partial charge is 0.339 e. The van der Waals surface area contributed by atoms with Gasteiger partial charge in [0.15, 0.2) is 0 Å². The number of carbonyl (C=O) groups is 2. The van der Waals surface area contributed by atoms with E-state index in [0.29, 0.717) is 11.3 Å². The molecular weight excluding hydrogens is 295 g/mol. The Bertz CT molecular complexity index is 544. The predicted molar refractivity (Wildman–Crippen MR) is 60.9 cm³/mol. The number of hydrogen-bond donors (Lipinski definition) is 1. The van der Waals surface area contributed by atoms with Gasteiger partial charge in [-0.05, 0) is 0 Å². The lowest BCUT2D eigenvalue weighted by molar-refractivity contribution is -0.138. The zero-order valence-electron chi connectivity index (χ0n) is 11.0. The fourth-order valence-electron chi connectivity index (χ4n) is 1.71. The predicted octanol–water partition coefficient (Wildman–Crippen LogP) is 0.577. The lowest BCUT2D eigenvalue weighted by Crippen LogP contribution is -2.46. The first kappa shape index (κ1) is 15.1. The number of alkyl halides is 3. The number of carbonyl (C=O) groups excluding carboxylic acids is 2. The maximum absolute atomic E-state index is 12.2. The van der Waals surface area contributed by atoms with Gasteiger partial charge in [0.25, 0.3) is 5.82 Å². The van der Waals surface area contributed by atoms with Crippen molar-refractivity contribution in [2.45, 2.75) is 19.5 Å². The van der Waals surface area contributed by atoms with Crippen LogP contribution in [0.4, 0.5) is 18.0 Å². The minimum Gasteiger partial charge on any atom is -0.339 e. The van der Waals surface area contributed by atoms with Gasteiger partial charge in [0.05, 0.1) is 6.54 Å². The number of amides is 3. The second kappa shape index (κ2) is 5.58. The summed E-state index contributed by atoms with van der Waals surface area (Å²) in [6, 6.07) is -0.931. The van der Waals surface area contributed by atoms with Gasteiger partial charge in [-0.3, -0.25) is 10.2 Å². The van der Waals surface area contributed by atoms with E-state index in [0.717, 1.165) is 5.01 Å². The summed E-state index contributed by atoms with van der Waals surface area (Å²) in [6.07, 6.45) is -4.05. The largest absolute Gasteiger partial charge is 0.406 e. The van der Waals surface area contributed by atoms with Gasteiger partial charge in [-0.1, -0.05) is 12.1 Å². The summed E-state index contributed by atoms with van der Waals surface area (Å²) in [5.41, 5.74) is 2.15. The molecule has 1 aromatic heterocycles. The number of aryl methyl sites for hydroxylation is 1. The van der Waals surface area contributed by atoms with Crippen LogP contribution in [0, 0.1) is 0 Å². The summed E-state index contributed by atoms with van der Waals surface area (Å²) in [6.45, 7) is 0.193. The monoisotopic (exact) mass is 307 g/mol. The summed E-state index contributed by atoms with van der Waals surface area (Å²) in [7, 11) is 0. The molecule has 21 heavy (non-hydrogen) atoms. The fraction of sp³-hybridized carbons (Fsp3) is 0.600. The number of halogens is 3. The summed E-state index contributed by atoms with van der Waals surface area (Å²) in [4.78, 5) is 27.8. The van der Waals surface area contributed by atoms with E-state index in [1.54, 1.807) is 6.92 Å². The van der Waals surface area contributed by atoms with Gasteiger partial charge in [0.2, 0.25) is 5.89 Å². The SMILES string of the molecule is CCc1nc(C(=O)NN2CCN(CC(F)(F)F)C2=O)no1. The molecule has 11 heteroatoms. The van der Waals surface area contributed by atoms with Crippen molar-refractivity contribution in [3.8, 4) is 0 Å². The molecule has 116 valence electrons. The summed E-state index contributed by atoms with van der Waals surface area (Å²) < 4.78 is 41.5. The van der Waals surface area contributed by atoms with E-state index in [9.17, 15) is 22.8 Å². The van der Waals surface area contributed by atoms with E-state index < -0.39 is 24.7 Å². The molecule has 3 amide bonds. The van der Waals surface area contributed by atoms with E-state index in [-0.39, 0.29) is 24.8 Å². The molecule has 1 aliphatic rings. The standard InChI is InChI=1S/C10H12F3N5O3/c1-2-6-14-7(16-21-6)8(19)15-18-4-3-17(9(18)20)5-10(11,12)13/h2-5H2,1H3,(H,15,19). The zero-order valence-corrected chi connectivity index (χ0v) is 11.0. The van der Waals surface area contributed by atoms with Gasteiger partial charge in [-0.25, -0.2) is 9.80 Å². The quantitative estimate of drug-likeness (QED) is 0.878. The topological polar surface area (TPSA) is 91.6 Å². The van der Waals surface area contributed by atoms with Gasteiger partial charge in [0.1, 0.15) is 6.54 Å². The Hall–Kier alpha value is -2.33. The van der Waals surface area contributed by atoms with Crippen LogP contribution in [0.2, 0.25) is 0 Å². The van der Waals surface area contributed by atoms with Crippen molar-refractivity contribution in [2.75, 3.05) is 19.6 Å². The molecule has 1 aliphatic heterocycles. The minimum atomic E-state index is -4.49. The number of nitrogens with one attached hydrogen (secondary N) is 1. The Morgan fingerprint density at radius 1 is 1.43 bits per heavy atom. The van der Waals surface area contributed by atoms with Crippen LogP contribution in [0.5, 0.6) is 0 Å². The number of aromatic nitrogens is 2. The number of nitrogens with zero attached hydrogens (tertiary/aromatic N) is 4. The first-order valence-electron chi connectivity index (χ1n) is 6.07. The summed E-state index contributed by atoms with van der Waals surface area (Å²) in [5, 5.41) is 4.19. The highest BCUT2D eigenvalue weighted by atomic mass is 19.4. The van der Waals surface area contributed by atoms with Gasteiger partial charge in [-0.15, -0.1) is 0 Å². The number of hydrazine groups is 1. The molecule has 2 heterocycles. The third-order valence-corrected chi connectivity index (χ3v) is 2.68. The molecule has 8 nitrogen and oxygen atoms in total. The third kappa shape index (κ3) is 3.61. The van der Waals surface area contributed by atoms with Crippen molar-refractivity contribution < 1.29 is 27.3 Å². The second-order valence-corrected chi connectivity index (χ2v) is 4.28. The second-order valence-electron chi connectivity index (χ2n) is 4.28. The molecule has 0 aromatic carbocycles. The van der Waals surface area contributed by atoms with E-state index in [1.165, 1.54) is 0 Å². The van der Waals surface area contributed by atoms with Crippen LogP contribution < -0.4 is 5.43 Å². The molecular formula is C10H12F3N5O3. The molecule has 0 saturated carbocycles. The summed E-state index contributed by atoms with van der Waals surface area (Å²) in [5.74, 6) is -0.860. The van der Waals surface area contributed by atoms with Crippen molar-refractivity contribution in [3.05, 3.63) is 11.7 Å². The summed E-state index contributed by atoms with van der Waals surface area (Å²) >= 11 is 0. The van der Waals surface area contributed by atoms with Crippen LogP contribution in [-0.4, -0.2) is 57.8 Å². The van der Waals surface area contributed by atoms with Gasteiger partial charge >= 0.3 is 18.1 Å². The lowest BCUT2D eigenvalue weighted by atomic mass is 10.5. The molecule has 1 fully saturated rings. The lowest BCUT2D eigenvalue weighted by Gasteiger charge is -2.19. The molecule has 0 bridgehead atoms. The van der Waals surface area contributed by atoms with Crippen molar-refractivity contribution >= 4 is 11.9 Å². The Morgan fingerprint density at radius 2 is 2.14 bits per heavy atom. The highest BCUT2D eigenvalue weighted by Gasteiger charge is 2.38. The van der Waals surface area contributed by atoms with E-state index in [2.05, 4.69) is 15.6 Å². The van der Waals surface area contributed by atoms with E-state index >= 15 is 0 Å². The Labute approximate surface area is 116 Å². The van der Waals surface area contributed by atoms with E-state index in [4.69, 9.17) is 4.52 Å². The molecule has 0 unspecified atom stereocenters.